The average Bonchev–Trinajstić information content (AvgIpc) is 2.97. The van der Waals surface area contributed by atoms with Gasteiger partial charge < -0.3 is 10.7 Å². The van der Waals surface area contributed by atoms with Gasteiger partial charge in [0.2, 0.25) is 10.0 Å². The Morgan fingerprint density at radius 1 is 1.53 bits per heavy atom. The molecule has 0 bridgehead atoms. The fraction of sp³-hybridized carbons (Fsp3) is 0.333. The number of sulfonamides is 1. The van der Waals surface area contributed by atoms with E-state index in [2.05, 4.69) is 9.71 Å². The molecule has 0 radical (unpaired) electrons. The molecule has 2 aromatic rings. The Kier molecular flexibility index (Phi) is 4.41. The van der Waals surface area contributed by atoms with E-state index in [0.717, 1.165) is 5.56 Å². The summed E-state index contributed by atoms with van der Waals surface area (Å²) in [5.41, 5.74) is 7.29. The Morgan fingerprint density at radius 3 is 2.89 bits per heavy atom. The summed E-state index contributed by atoms with van der Waals surface area (Å²) in [4.78, 5) is 3.06. The zero-order valence-corrected chi connectivity index (χ0v) is 12.2. The van der Waals surface area contributed by atoms with Gasteiger partial charge in [-0.2, -0.15) is 11.3 Å². The maximum atomic E-state index is 12.1. The van der Waals surface area contributed by atoms with Crippen LogP contribution in [0.2, 0.25) is 0 Å². The highest BCUT2D eigenvalue weighted by Crippen LogP contribution is 2.13. The zero-order valence-electron chi connectivity index (χ0n) is 10.6. The summed E-state index contributed by atoms with van der Waals surface area (Å²) in [6, 6.07) is 3.40. The first-order chi connectivity index (χ1) is 9.01. The predicted molar refractivity (Wildman–Crippen MR) is 76.5 cm³/mol. The van der Waals surface area contributed by atoms with Gasteiger partial charge in [0.05, 0.1) is 4.90 Å². The molecule has 2 rings (SSSR count). The van der Waals surface area contributed by atoms with E-state index in [-0.39, 0.29) is 10.9 Å². The maximum absolute atomic E-state index is 12.1. The van der Waals surface area contributed by atoms with Gasteiger partial charge in [0.1, 0.15) is 0 Å². The highest BCUT2D eigenvalue weighted by molar-refractivity contribution is 7.89. The summed E-state index contributed by atoms with van der Waals surface area (Å²) in [5.74, 6) is 0. The lowest BCUT2D eigenvalue weighted by molar-refractivity contribution is 0.560. The normalized spacial score (nSPS) is 13.6. The van der Waals surface area contributed by atoms with Gasteiger partial charge in [-0.25, -0.2) is 13.1 Å². The minimum Gasteiger partial charge on any atom is -0.363 e. The van der Waals surface area contributed by atoms with Crippen LogP contribution in [0.25, 0.3) is 0 Å². The van der Waals surface area contributed by atoms with Gasteiger partial charge in [-0.05, 0) is 41.8 Å². The molecule has 4 N–H and O–H groups in total. The number of H-pyrrole nitrogens is 1. The predicted octanol–water partition coefficient (Wildman–Crippen LogP) is 1.44. The number of aromatic amines is 1. The van der Waals surface area contributed by atoms with E-state index in [0.29, 0.717) is 18.7 Å². The molecule has 0 aromatic carbocycles. The molecule has 0 spiro atoms. The van der Waals surface area contributed by atoms with Crippen LogP contribution in [0.4, 0.5) is 0 Å². The third kappa shape index (κ3) is 3.66. The lowest BCUT2D eigenvalue weighted by Gasteiger charge is -2.12. The molecular weight excluding hydrogens is 282 g/mol. The van der Waals surface area contributed by atoms with E-state index in [1.54, 1.807) is 17.4 Å². The fourth-order valence-corrected chi connectivity index (χ4v) is 3.77. The molecule has 0 amide bonds. The molecule has 19 heavy (non-hydrogen) atoms. The number of hydrogen-bond acceptors (Lipinski definition) is 4. The summed E-state index contributed by atoms with van der Waals surface area (Å²) in [6.07, 6.45) is 2.14. The lowest BCUT2D eigenvalue weighted by Crippen LogP contribution is -2.33. The van der Waals surface area contributed by atoms with E-state index in [4.69, 9.17) is 5.73 Å². The van der Waals surface area contributed by atoms with E-state index < -0.39 is 10.0 Å². The Hall–Kier alpha value is -1.15. The molecule has 1 atom stereocenters. The van der Waals surface area contributed by atoms with Crippen LogP contribution < -0.4 is 10.5 Å². The highest BCUT2D eigenvalue weighted by Gasteiger charge is 2.18. The van der Waals surface area contributed by atoms with Gasteiger partial charge in [-0.15, -0.1) is 0 Å². The van der Waals surface area contributed by atoms with Crippen LogP contribution in [0, 0.1) is 0 Å². The summed E-state index contributed by atoms with van der Waals surface area (Å²) < 4.78 is 26.9. The van der Waals surface area contributed by atoms with Crippen molar-refractivity contribution in [2.24, 2.45) is 5.73 Å². The minimum atomic E-state index is -3.49. The molecule has 0 saturated carbocycles. The van der Waals surface area contributed by atoms with Crippen LogP contribution in [0.3, 0.4) is 0 Å². The van der Waals surface area contributed by atoms with Gasteiger partial charge in [0.25, 0.3) is 0 Å². The second kappa shape index (κ2) is 5.87. The van der Waals surface area contributed by atoms with Crippen LogP contribution in [-0.4, -0.2) is 19.4 Å². The van der Waals surface area contributed by atoms with Crippen molar-refractivity contribution in [3.8, 4) is 0 Å². The second-order valence-corrected chi connectivity index (χ2v) is 6.92. The van der Waals surface area contributed by atoms with Crippen molar-refractivity contribution in [3.63, 3.8) is 0 Å². The van der Waals surface area contributed by atoms with Gasteiger partial charge >= 0.3 is 0 Å². The van der Waals surface area contributed by atoms with Crippen molar-refractivity contribution in [1.29, 1.82) is 0 Å². The first-order valence-corrected chi connectivity index (χ1v) is 8.34. The molecule has 0 fully saturated rings. The van der Waals surface area contributed by atoms with Crippen molar-refractivity contribution >= 4 is 21.4 Å². The van der Waals surface area contributed by atoms with Crippen LogP contribution in [0.5, 0.6) is 0 Å². The summed E-state index contributed by atoms with van der Waals surface area (Å²) in [5, 5.41) is 4.00. The third-order valence-corrected chi connectivity index (χ3v) is 5.03. The molecule has 7 heteroatoms. The van der Waals surface area contributed by atoms with E-state index in [9.17, 15) is 8.42 Å². The van der Waals surface area contributed by atoms with Crippen molar-refractivity contribution in [1.82, 2.24) is 9.71 Å². The summed E-state index contributed by atoms with van der Waals surface area (Å²) in [6.45, 7) is 2.14. The number of aromatic nitrogens is 1. The standard InChI is InChI=1S/C12H17N3O2S2/c1-9(4-10-2-3-18-8-10)15-19(16,17)12-5-11(6-13)14-7-12/h2-3,5,7-9,14-15H,4,6,13H2,1H3. The Labute approximate surface area is 116 Å². The highest BCUT2D eigenvalue weighted by atomic mass is 32.2. The second-order valence-electron chi connectivity index (χ2n) is 4.42. The minimum absolute atomic E-state index is 0.157. The number of nitrogens with two attached hydrogens (primary N) is 1. The van der Waals surface area contributed by atoms with Crippen molar-refractivity contribution in [3.05, 3.63) is 40.3 Å². The number of rotatable bonds is 6. The number of nitrogens with one attached hydrogen (secondary N) is 2. The Balaban J connectivity index is 2.04. The molecule has 0 aliphatic heterocycles. The van der Waals surface area contributed by atoms with Gasteiger partial charge in [0, 0.05) is 24.5 Å². The number of thiophene rings is 1. The molecule has 0 aliphatic carbocycles. The molecule has 104 valence electrons. The summed E-state index contributed by atoms with van der Waals surface area (Å²) in [7, 11) is -3.49. The first kappa shape index (κ1) is 14.3. The van der Waals surface area contributed by atoms with Crippen molar-refractivity contribution in [2.45, 2.75) is 30.8 Å². The van der Waals surface area contributed by atoms with E-state index in [1.807, 2.05) is 23.8 Å². The molecular formula is C12H17N3O2S2. The molecule has 1 unspecified atom stereocenters. The van der Waals surface area contributed by atoms with Crippen LogP contribution in [-0.2, 0) is 23.0 Å². The van der Waals surface area contributed by atoms with Crippen LogP contribution in [0.1, 0.15) is 18.2 Å². The lowest BCUT2D eigenvalue weighted by atomic mass is 10.1. The Bertz CT molecular complexity index is 617. The number of hydrogen-bond donors (Lipinski definition) is 3. The largest absolute Gasteiger partial charge is 0.363 e. The third-order valence-electron chi connectivity index (χ3n) is 2.72. The van der Waals surface area contributed by atoms with E-state index >= 15 is 0 Å². The van der Waals surface area contributed by atoms with E-state index in [1.165, 1.54) is 6.20 Å². The first-order valence-electron chi connectivity index (χ1n) is 5.92. The Morgan fingerprint density at radius 2 is 2.32 bits per heavy atom. The molecule has 2 heterocycles. The van der Waals surface area contributed by atoms with Gasteiger partial charge in [-0.3, -0.25) is 0 Å². The quantitative estimate of drug-likeness (QED) is 0.754. The monoisotopic (exact) mass is 299 g/mol. The molecule has 0 saturated heterocycles. The SMILES string of the molecule is CC(Cc1ccsc1)NS(=O)(=O)c1c[nH]c(CN)c1. The van der Waals surface area contributed by atoms with Gasteiger partial charge in [0.15, 0.2) is 0 Å². The van der Waals surface area contributed by atoms with Crippen molar-refractivity contribution in [2.75, 3.05) is 0 Å². The topological polar surface area (TPSA) is 88.0 Å². The summed E-state index contributed by atoms with van der Waals surface area (Å²) >= 11 is 1.61. The smallest absolute Gasteiger partial charge is 0.242 e. The fourth-order valence-electron chi connectivity index (χ4n) is 1.83. The zero-order chi connectivity index (χ0) is 13.9. The molecule has 2 aromatic heterocycles. The van der Waals surface area contributed by atoms with Gasteiger partial charge in [-0.1, -0.05) is 0 Å². The maximum Gasteiger partial charge on any atom is 0.242 e. The van der Waals surface area contributed by atoms with Crippen molar-refractivity contribution < 1.29 is 8.42 Å². The average molecular weight is 299 g/mol. The van der Waals surface area contributed by atoms with Crippen LogP contribution in [0.15, 0.2) is 34.0 Å². The van der Waals surface area contributed by atoms with Crippen LogP contribution >= 0.6 is 11.3 Å². The molecule has 5 nitrogen and oxygen atoms in total. The molecule has 0 aliphatic rings.